The fraction of sp³-hybridized carbons (Fsp3) is 0.588. The van der Waals surface area contributed by atoms with Crippen LogP contribution >= 0.6 is 0 Å². The van der Waals surface area contributed by atoms with Crippen molar-refractivity contribution in [1.29, 1.82) is 0 Å². The molecule has 5 nitrogen and oxygen atoms in total. The van der Waals surface area contributed by atoms with E-state index in [-0.39, 0.29) is 23.6 Å². The first-order valence-corrected chi connectivity index (χ1v) is 9.85. The Hall–Kier alpha value is -1.40. The number of rotatable bonds is 5. The van der Waals surface area contributed by atoms with E-state index in [1.54, 1.807) is 4.90 Å². The molecule has 23 heavy (non-hydrogen) atoms. The number of carbonyl (C=O) groups excluding carboxylic acids is 1. The highest BCUT2D eigenvalue weighted by Crippen LogP contribution is 2.50. The molecule has 1 saturated heterocycles. The van der Waals surface area contributed by atoms with Crippen LogP contribution in [0.4, 0.5) is 0 Å². The van der Waals surface area contributed by atoms with Gasteiger partial charge in [-0.05, 0) is 50.3 Å². The number of hydrogen-bond donors (Lipinski definition) is 1. The maximum atomic E-state index is 12.8. The standard InChI is InChI=1S/C17H24N2O3S/c1-12-6-3-4-8-14(12)15-10-16(15)17(20)19-9-5-7-13(19)11-23(21,22)18-2/h3-4,6,8,13,15-16,18H,5,7,9-11H2,1-2H3/t13-,15+,16-/m0/s1. The summed E-state index contributed by atoms with van der Waals surface area (Å²) >= 11 is 0. The molecule has 1 N–H and O–H groups in total. The third-order valence-corrected chi connectivity index (χ3v) is 6.52. The minimum Gasteiger partial charge on any atom is -0.338 e. The highest BCUT2D eigenvalue weighted by Gasteiger charge is 2.48. The van der Waals surface area contributed by atoms with Crippen LogP contribution in [0.3, 0.4) is 0 Å². The van der Waals surface area contributed by atoms with Crippen molar-refractivity contribution in [3.8, 4) is 0 Å². The Bertz CT molecular complexity index is 702. The molecule has 0 aromatic heterocycles. The van der Waals surface area contributed by atoms with Gasteiger partial charge in [0.1, 0.15) is 0 Å². The van der Waals surface area contributed by atoms with E-state index in [1.807, 2.05) is 12.1 Å². The number of aryl methyl sites for hydroxylation is 1. The quantitative estimate of drug-likeness (QED) is 0.889. The monoisotopic (exact) mass is 336 g/mol. The third kappa shape index (κ3) is 3.43. The van der Waals surface area contributed by atoms with Crippen molar-refractivity contribution < 1.29 is 13.2 Å². The lowest BCUT2D eigenvalue weighted by Crippen LogP contribution is -2.42. The molecule has 126 valence electrons. The zero-order valence-electron chi connectivity index (χ0n) is 13.7. The molecule has 0 spiro atoms. The fourth-order valence-corrected chi connectivity index (χ4v) is 4.68. The molecule has 2 fully saturated rings. The van der Waals surface area contributed by atoms with E-state index in [2.05, 4.69) is 23.8 Å². The number of hydrogen-bond acceptors (Lipinski definition) is 3. The average Bonchev–Trinajstić information content (AvgIpc) is 3.19. The van der Waals surface area contributed by atoms with Crippen LogP contribution < -0.4 is 4.72 Å². The SMILES string of the molecule is CNS(=O)(=O)C[C@@H]1CCCN1C(=O)[C@H]1C[C@@H]1c1ccccc1C. The molecule has 1 aromatic carbocycles. The van der Waals surface area contributed by atoms with Crippen molar-refractivity contribution in [1.82, 2.24) is 9.62 Å². The summed E-state index contributed by atoms with van der Waals surface area (Å²) in [6, 6.07) is 8.02. The van der Waals surface area contributed by atoms with E-state index in [9.17, 15) is 13.2 Å². The van der Waals surface area contributed by atoms with E-state index >= 15 is 0 Å². The van der Waals surface area contributed by atoms with Gasteiger partial charge in [0.05, 0.1) is 5.75 Å². The van der Waals surface area contributed by atoms with Crippen LogP contribution in [-0.4, -0.2) is 44.6 Å². The molecule has 0 unspecified atom stereocenters. The number of benzene rings is 1. The lowest BCUT2D eigenvalue weighted by Gasteiger charge is -2.24. The number of sulfonamides is 1. The summed E-state index contributed by atoms with van der Waals surface area (Å²) in [6.07, 6.45) is 2.54. The first kappa shape index (κ1) is 16.5. The van der Waals surface area contributed by atoms with Crippen molar-refractivity contribution in [2.45, 2.75) is 38.1 Å². The molecule has 2 aliphatic rings. The molecule has 6 heteroatoms. The van der Waals surface area contributed by atoms with Gasteiger partial charge in [-0.3, -0.25) is 4.79 Å². The van der Waals surface area contributed by atoms with E-state index in [4.69, 9.17) is 0 Å². The van der Waals surface area contributed by atoms with Crippen molar-refractivity contribution in [3.63, 3.8) is 0 Å². The highest BCUT2D eigenvalue weighted by atomic mass is 32.2. The predicted octanol–water partition coefficient (Wildman–Crippen LogP) is 1.64. The van der Waals surface area contributed by atoms with Crippen LogP contribution in [0.1, 0.15) is 36.3 Å². The second kappa shape index (κ2) is 6.24. The van der Waals surface area contributed by atoms with Crippen LogP contribution in [0.25, 0.3) is 0 Å². The second-order valence-corrected chi connectivity index (χ2v) is 8.59. The zero-order chi connectivity index (χ0) is 16.6. The Morgan fingerprint density at radius 1 is 1.35 bits per heavy atom. The van der Waals surface area contributed by atoms with Gasteiger partial charge in [-0.2, -0.15) is 0 Å². The summed E-state index contributed by atoms with van der Waals surface area (Å²) in [5.41, 5.74) is 2.48. The van der Waals surface area contributed by atoms with Crippen molar-refractivity contribution >= 4 is 15.9 Å². The van der Waals surface area contributed by atoms with Crippen LogP contribution in [-0.2, 0) is 14.8 Å². The molecule has 0 radical (unpaired) electrons. The van der Waals surface area contributed by atoms with Gasteiger partial charge in [-0.15, -0.1) is 0 Å². The lowest BCUT2D eigenvalue weighted by molar-refractivity contribution is -0.133. The summed E-state index contributed by atoms with van der Waals surface area (Å²) in [5.74, 6) is 0.462. The van der Waals surface area contributed by atoms with Crippen LogP contribution in [0.2, 0.25) is 0 Å². The first-order chi connectivity index (χ1) is 10.9. The van der Waals surface area contributed by atoms with Gasteiger partial charge in [0.15, 0.2) is 0 Å². The average molecular weight is 336 g/mol. The first-order valence-electron chi connectivity index (χ1n) is 8.20. The summed E-state index contributed by atoms with van der Waals surface area (Å²) < 4.78 is 25.9. The molecule has 3 rings (SSSR count). The molecule has 1 aliphatic carbocycles. The molecule has 1 heterocycles. The molecule has 0 bridgehead atoms. The van der Waals surface area contributed by atoms with Gasteiger partial charge in [0.2, 0.25) is 15.9 Å². The van der Waals surface area contributed by atoms with Gasteiger partial charge >= 0.3 is 0 Å². The highest BCUT2D eigenvalue weighted by molar-refractivity contribution is 7.89. The number of nitrogens with one attached hydrogen (secondary N) is 1. The molecule has 1 aromatic rings. The van der Waals surface area contributed by atoms with E-state index < -0.39 is 10.0 Å². The largest absolute Gasteiger partial charge is 0.338 e. The number of carbonyl (C=O) groups is 1. The molecule has 3 atom stereocenters. The minimum atomic E-state index is -3.29. The van der Waals surface area contributed by atoms with Crippen LogP contribution in [0.5, 0.6) is 0 Å². The molecular weight excluding hydrogens is 312 g/mol. The molecular formula is C17H24N2O3S. The molecule has 1 amide bonds. The maximum Gasteiger partial charge on any atom is 0.226 e. The summed E-state index contributed by atoms with van der Waals surface area (Å²) in [5, 5.41) is 0. The Morgan fingerprint density at radius 2 is 2.09 bits per heavy atom. The third-order valence-electron chi connectivity index (χ3n) is 5.08. The Morgan fingerprint density at radius 3 is 2.78 bits per heavy atom. The topological polar surface area (TPSA) is 66.5 Å². The van der Waals surface area contributed by atoms with E-state index in [1.165, 1.54) is 18.2 Å². The van der Waals surface area contributed by atoms with E-state index in [0.717, 1.165) is 19.3 Å². The lowest BCUT2D eigenvalue weighted by atomic mass is 10.0. The molecule has 1 saturated carbocycles. The second-order valence-electron chi connectivity index (χ2n) is 6.62. The summed E-state index contributed by atoms with van der Waals surface area (Å²) in [4.78, 5) is 14.6. The number of likely N-dealkylation sites (tertiary alicyclic amines) is 1. The smallest absolute Gasteiger partial charge is 0.226 e. The van der Waals surface area contributed by atoms with E-state index in [0.29, 0.717) is 12.5 Å². The Balaban J connectivity index is 1.68. The van der Waals surface area contributed by atoms with Gasteiger partial charge < -0.3 is 4.90 Å². The minimum absolute atomic E-state index is 0.0109. The van der Waals surface area contributed by atoms with Crippen molar-refractivity contribution in [3.05, 3.63) is 35.4 Å². The summed E-state index contributed by atoms with van der Waals surface area (Å²) in [7, 11) is -1.87. The zero-order valence-corrected chi connectivity index (χ0v) is 14.5. The maximum absolute atomic E-state index is 12.8. The van der Waals surface area contributed by atoms with Crippen LogP contribution in [0, 0.1) is 12.8 Å². The van der Waals surface area contributed by atoms with Crippen LogP contribution in [0.15, 0.2) is 24.3 Å². The van der Waals surface area contributed by atoms with Gasteiger partial charge in [0, 0.05) is 18.5 Å². The Kier molecular flexibility index (Phi) is 4.47. The fourth-order valence-electron chi connectivity index (χ4n) is 3.66. The van der Waals surface area contributed by atoms with Gasteiger partial charge in [-0.1, -0.05) is 24.3 Å². The van der Waals surface area contributed by atoms with Crippen molar-refractivity contribution in [2.24, 2.45) is 5.92 Å². The van der Waals surface area contributed by atoms with Gasteiger partial charge in [0.25, 0.3) is 0 Å². The summed E-state index contributed by atoms with van der Waals surface area (Å²) in [6.45, 7) is 2.76. The molecule has 1 aliphatic heterocycles. The normalized spacial score (nSPS) is 27.2. The predicted molar refractivity (Wildman–Crippen MR) is 89.6 cm³/mol. The Labute approximate surface area is 138 Å². The number of nitrogens with zero attached hydrogens (tertiary/aromatic N) is 1. The van der Waals surface area contributed by atoms with Crippen molar-refractivity contribution in [2.75, 3.05) is 19.3 Å². The number of amides is 1. The van der Waals surface area contributed by atoms with Gasteiger partial charge in [-0.25, -0.2) is 13.1 Å².